The van der Waals surface area contributed by atoms with Crippen LogP contribution in [0.3, 0.4) is 0 Å². The fourth-order valence-corrected chi connectivity index (χ4v) is 2.45. The van der Waals surface area contributed by atoms with Gasteiger partial charge in [0.1, 0.15) is 11.7 Å². The summed E-state index contributed by atoms with van der Waals surface area (Å²) in [7, 11) is 0. The molecule has 1 saturated heterocycles. The van der Waals surface area contributed by atoms with Gasteiger partial charge in [0.05, 0.1) is 11.0 Å². The van der Waals surface area contributed by atoms with Crippen LogP contribution in [-0.2, 0) is 0 Å². The van der Waals surface area contributed by atoms with Crippen LogP contribution in [0, 0.1) is 10.1 Å². The molecule has 1 aromatic rings. The number of halogens is 4. The Morgan fingerprint density at radius 1 is 1.38 bits per heavy atom. The number of hydrogen-bond donors (Lipinski definition) is 1. The summed E-state index contributed by atoms with van der Waals surface area (Å²) in [5.74, 6) is 0. The van der Waals surface area contributed by atoms with Crippen molar-refractivity contribution in [3.8, 4) is 0 Å². The van der Waals surface area contributed by atoms with Crippen molar-refractivity contribution >= 4 is 42.1 Å². The van der Waals surface area contributed by atoms with E-state index in [1.54, 1.807) is 6.07 Å². The number of nitro groups is 1. The highest BCUT2D eigenvalue weighted by Gasteiger charge is 2.24. The van der Waals surface area contributed by atoms with Crippen molar-refractivity contribution in [2.24, 2.45) is 0 Å². The first-order valence-corrected chi connectivity index (χ1v) is 6.46. The first-order chi connectivity index (χ1) is 9.13. The summed E-state index contributed by atoms with van der Waals surface area (Å²) < 4.78 is 13.3. The molecule has 1 atom stereocenters. The number of nitrogens with zero attached hydrogens (tertiary/aromatic N) is 2. The van der Waals surface area contributed by atoms with E-state index in [1.807, 2.05) is 4.90 Å². The molecular weight excluding hydrogens is 344 g/mol. The summed E-state index contributed by atoms with van der Waals surface area (Å²) >= 11 is 5.77. The van der Waals surface area contributed by atoms with Crippen LogP contribution in [0.4, 0.5) is 10.1 Å². The third-order valence-electron chi connectivity index (χ3n) is 3.29. The zero-order valence-electron chi connectivity index (χ0n) is 11.1. The van der Waals surface area contributed by atoms with Gasteiger partial charge in [0.15, 0.2) is 0 Å². The van der Waals surface area contributed by atoms with Crippen molar-refractivity contribution in [1.29, 1.82) is 0 Å². The monoisotopic (exact) mass is 359 g/mol. The van der Waals surface area contributed by atoms with Crippen LogP contribution in [-0.4, -0.2) is 42.7 Å². The molecule has 1 heterocycles. The second-order valence-corrected chi connectivity index (χ2v) is 4.83. The molecular formula is C12H17Cl3FN3O2. The van der Waals surface area contributed by atoms with E-state index in [0.717, 1.165) is 26.2 Å². The number of rotatable bonds is 4. The summed E-state index contributed by atoms with van der Waals surface area (Å²) in [6.45, 7) is 2.48. The van der Waals surface area contributed by atoms with Crippen LogP contribution in [0.2, 0.25) is 5.02 Å². The van der Waals surface area contributed by atoms with Crippen molar-refractivity contribution in [2.45, 2.75) is 6.04 Å². The minimum Gasteiger partial charge on any atom is -0.314 e. The lowest BCUT2D eigenvalue weighted by Crippen LogP contribution is -2.45. The zero-order valence-corrected chi connectivity index (χ0v) is 13.5. The molecule has 1 N–H and O–H groups in total. The lowest BCUT2D eigenvalue weighted by Gasteiger charge is -2.33. The van der Waals surface area contributed by atoms with Gasteiger partial charge in [-0.15, -0.1) is 24.8 Å². The van der Waals surface area contributed by atoms with Gasteiger partial charge in [0.25, 0.3) is 5.69 Å². The van der Waals surface area contributed by atoms with Gasteiger partial charge in [-0.05, 0) is 11.6 Å². The maximum atomic E-state index is 13.3. The molecule has 0 radical (unpaired) electrons. The molecule has 1 aliphatic heterocycles. The Balaban J connectivity index is 0.00000200. The summed E-state index contributed by atoms with van der Waals surface area (Å²) in [5.41, 5.74) is 0.424. The van der Waals surface area contributed by atoms with Crippen molar-refractivity contribution in [2.75, 3.05) is 32.9 Å². The van der Waals surface area contributed by atoms with Crippen molar-refractivity contribution in [3.05, 3.63) is 38.9 Å². The molecule has 0 aromatic heterocycles. The summed E-state index contributed by atoms with van der Waals surface area (Å²) in [6.07, 6.45) is 0. The molecule has 5 nitrogen and oxygen atoms in total. The van der Waals surface area contributed by atoms with Gasteiger partial charge in [0.2, 0.25) is 0 Å². The molecule has 1 aliphatic rings. The number of piperazine rings is 1. The Kier molecular flexibility index (Phi) is 9.08. The summed E-state index contributed by atoms with van der Waals surface area (Å²) in [5, 5.41) is 14.1. The first-order valence-electron chi connectivity index (χ1n) is 6.08. The Hall–Kier alpha value is -0.660. The van der Waals surface area contributed by atoms with Crippen LogP contribution in [0.1, 0.15) is 11.6 Å². The van der Waals surface area contributed by atoms with E-state index < -0.39 is 17.6 Å². The molecule has 120 valence electrons. The van der Waals surface area contributed by atoms with E-state index >= 15 is 0 Å². The minimum absolute atomic E-state index is 0. The number of alkyl halides is 1. The van der Waals surface area contributed by atoms with Gasteiger partial charge in [-0.2, -0.15) is 0 Å². The summed E-state index contributed by atoms with van der Waals surface area (Å²) in [4.78, 5) is 12.3. The fraction of sp³-hybridized carbons (Fsp3) is 0.500. The highest BCUT2D eigenvalue weighted by atomic mass is 35.5. The third-order valence-corrected chi connectivity index (χ3v) is 3.61. The Morgan fingerprint density at radius 3 is 2.52 bits per heavy atom. The van der Waals surface area contributed by atoms with Gasteiger partial charge >= 0.3 is 0 Å². The number of nitrogens with one attached hydrogen (secondary N) is 1. The van der Waals surface area contributed by atoms with Crippen LogP contribution in [0.25, 0.3) is 0 Å². The molecule has 0 spiro atoms. The number of hydrogen-bond acceptors (Lipinski definition) is 4. The van der Waals surface area contributed by atoms with E-state index in [2.05, 4.69) is 5.32 Å². The third kappa shape index (κ3) is 4.93. The Labute approximate surface area is 139 Å². The number of nitro benzene ring substituents is 1. The average Bonchev–Trinajstić information content (AvgIpc) is 2.42. The molecule has 0 bridgehead atoms. The molecule has 21 heavy (non-hydrogen) atoms. The quantitative estimate of drug-likeness (QED) is 0.662. The van der Waals surface area contributed by atoms with E-state index in [-0.39, 0.29) is 35.5 Å². The standard InChI is InChI=1S/C12H15ClFN3O2.2ClH/c13-10-2-1-9(7-11(10)17(18)19)12(8-14)16-5-3-15-4-6-16;;/h1-2,7,12,15H,3-6,8H2;2*1H/t12-;;/m0../s1. The smallest absolute Gasteiger partial charge is 0.288 e. The van der Waals surface area contributed by atoms with Crippen molar-refractivity contribution in [3.63, 3.8) is 0 Å². The lowest BCUT2D eigenvalue weighted by molar-refractivity contribution is -0.384. The Bertz CT molecular complexity index is 473. The van der Waals surface area contributed by atoms with Crippen LogP contribution < -0.4 is 5.32 Å². The van der Waals surface area contributed by atoms with Gasteiger partial charge < -0.3 is 5.32 Å². The van der Waals surface area contributed by atoms with Crippen LogP contribution in [0.15, 0.2) is 18.2 Å². The predicted octanol–water partition coefficient (Wildman–Crippen LogP) is 3.01. The summed E-state index contributed by atoms with van der Waals surface area (Å²) in [6, 6.07) is 4.04. The first kappa shape index (κ1) is 20.3. The van der Waals surface area contributed by atoms with E-state index in [1.165, 1.54) is 12.1 Å². The Morgan fingerprint density at radius 2 is 2.00 bits per heavy atom. The maximum absolute atomic E-state index is 13.3. The van der Waals surface area contributed by atoms with Gasteiger partial charge in [-0.3, -0.25) is 15.0 Å². The largest absolute Gasteiger partial charge is 0.314 e. The molecule has 1 aromatic carbocycles. The van der Waals surface area contributed by atoms with Crippen molar-refractivity contribution in [1.82, 2.24) is 10.2 Å². The average molecular weight is 361 g/mol. The fourth-order valence-electron chi connectivity index (χ4n) is 2.27. The van der Waals surface area contributed by atoms with Crippen LogP contribution >= 0.6 is 36.4 Å². The molecule has 0 unspecified atom stereocenters. The number of benzene rings is 1. The maximum Gasteiger partial charge on any atom is 0.288 e. The highest BCUT2D eigenvalue weighted by molar-refractivity contribution is 6.32. The molecule has 9 heteroatoms. The molecule has 0 saturated carbocycles. The SMILES string of the molecule is Cl.Cl.O=[N+]([O-])c1cc([C@H](CF)N2CCNCC2)ccc1Cl. The van der Waals surface area contributed by atoms with E-state index in [9.17, 15) is 14.5 Å². The van der Waals surface area contributed by atoms with Gasteiger partial charge in [0, 0.05) is 32.2 Å². The highest BCUT2D eigenvalue weighted by Crippen LogP contribution is 2.30. The molecule has 0 amide bonds. The molecule has 2 rings (SSSR count). The zero-order chi connectivity index (χ0) is 13.8. The second-order valence-electron chi connectivity index (χ2n) is 4.42. The van der Waals surface area contributed by atoms with Crippen molar-refractivity contribution < 1.29 is 9.31 Å². The van der Waals surface area contributed by atoms with E-state index in [0.29, 0.717) is 5.56 Å². The minimum atomic E-state index is -0.571. The lowest BCUT2D eigenvalue weighted by atomic mass is 10.0. The predicted molar refractivity (Wildman–Crippen MR) is 85.8 cm³/mol. The molecule has 0 aliphatic carbocycles. The van der Waals surface area contributed by atoms with Gasteiger partial charge in [-0.1, -0.05) is 17.7 Å². The van der Waals surface area contributed by atoms with E-state index in [4.69, 9.17) is 11.6 Å². The second kappa shape index (κ2) is 9.38. The topological polar surface area (TPSA) is 58.4 Å². The normalized spacial score (nSPS) is 16.5. The van der Waals surface area contributed by atoms with Crippen LogP contribution in [0.5, 0.6) is 0 Å². The van der Waals surface area contributed by atoms with Gasteiger partial charge in [-0.25, -0.2) is 4.39 Å². The molecule has 1 fully saturated rings.